The zero-order valence-corrected chi connectivity index (χ0v) is 12.0. The van der Waals surface area contributed by atoms with Crippen LogP contribution in [0.3, 0.4) is 0 Å². The molecule has 0 saturated heterocycles. The number of nitrogens with two attached hydrogens (primary N) is 1. The average Bonchev–Trinajstić information content (AvgIpc) is 2.41. The second kappa shape index (κ2) is 6.03. The molecule has 0 radical (unpaired) electrons. The van der Waals surface area contributed by atoms with Gasteiger partial charge < -0.3 is 10.6 Å². The Kier molecular flexibility index (Phi) is 4.39. The van der Waals surface area contributed by atoms with Crippen LogP contribution in [-0.2, 0) is 13.1 Å². The molecule has 0 atom stereocenters. The van der Waals surface area contributed by atoms with E-state index in [-0.39, 0.29) is 0 Å². The van der Waals surface area contributed by atoms with Crippen LogP contribution in [0.4, 0.5) is 5.69 Å². The summed E-state index contributed by atoms with van der Waals surface area (Å²) in [6, 6.07) is 16.6. The number of hydrogen-bond acceptors (Lipinski definition) is 2. The average molecular weight is 305 g/mol. The Hall–Kier alpha value is -1.32. The second-order valence-corrected chi connectivity index (χ2v) is 5.18. The summed E-state index contributed by atoms with van der Waals surface area (Å²) in [6.07, 6.45) is 0. The Balaban J connectivity index is 2.16. The first-order valence-electron chi connectivity index (χ1n) is 5.94. The van der Waals surface area contributed by atoms with Crippen LogP contribution in [0.5, 0.6) is 0 Å². The van der Waals surface area contributed by atoms with Crippen LogP contribution in [0.25, 0.3) is 0 Å². The summed E-state index contributed by atoms with van der Waals surface area (Å²) in [5.74, 6) is 0. The van der Waals surface area contributed by atoms with Gasteiger partial charge in [-0.1, -0.05) is 46.3 Å². The highest BCUT2D eigenvalue weighted by atomic mass is 79.9. The Morgan fingerprint density at radius 3 is 2.61 bits per heavy atom. The van der Waals surface area contributed by atoms with E-state index in [0.717, 1.165) is 16.6 Å². The molecule has 0 amide bonds. The first-order chi connectivity index (χ1) is 8.70. The molecule has 0 aromatic heterocycles. The van der Waals surface area contributed by atoms with E-state index in [0.29, 0.717) is 6.54 Å². The highest BCUT2D eigenvalue weighted by Gasteiger charge is 2.05. The molecule has 2 N–H and O–H groups in total. The fourth-order valence-electron chi connectivity index (χ4n) is 1.89. The Labute approximate surface area is 117 Å². The maximum atomic E-state index is 5.67. The summed E-state index contributed by atoms with van der Waals surface area (Å²) >= 11 is 3.58. The molecule has 2 aromatic rings. The normalized spacial score (nSPS) is 10.4. The van der Waals surface area contributed by atoms with Gasteiger partial charge in [0.2, 0.25) is 0 Å². The molecular formula is C15H17BrN2. The van der Waals surface area contributed by atoms with E-state index in [9.17, 15) is 0 Å². The molecule has 0 unspecified atom stereocenters. The van der Waals surface area contributed by atoms with Crippen LogP contribution >= 0.6 is 15.9 Å². The molecule has 0 bridgehead atoms. The molecule has 3 heteroatoms. The van der Waals surface area contributed by atoms with Crippen molar-refractivity contribution < 1.29 is 0 Å². The Morgan fingerprint density at radius 1 is 1.11 bits per heavy atom. The fourth-order valence-corrected chi connectivity index (χ4v) is 2.30. The minimum absolute atomic E-state index is 0.580. The fraction of sp³-hybridized carbons (Fsp3) is 0.200. The molecular weight excluding hydrogens is 288 g/mol. The minimum Gasteiger partial charge on any atom is -0.370 e. The number of anilines is 1. The van der Waals surface area contributed by atoms with Gasteiger partial charge in [0.05, 0.1) is 0 Å². The van der Waals surface area contributed by atoms with Gasteiger partial charge in [-0.05, 0) is 29.3 Å². The van der Waals surface area contributed by atoms with Gasteiger partial charge in [0.1, 0.15) is 0 Å². The summed E-state index contributed by atoms with van der Waals surface area (Å²) in [5.41, 5.74) is 9.29. The standard InChI is InChI=1S/C15H17BrN2/c1-18(11-13-6-2-3-8-15(13)16)14-7-4-5-12(9-14)10-17/h2-9H,10-11,17H2,1H3. The first kappa shape index (κ1) is 13.1. The van der Waals surface area contributed by atoms with E-state index in [1.807, 2.05) is 12.1 Å². The maximum absolute atomic E-state index is 5.67. The monoisotopic (exact) mass is 304 g/mol. The van der Waals surface area contributed by atoms with Gasteiger partial charge in [0.15, 0.2) is 0 Å². The van der Waals surface area contributed by atoms with Crippen molar-refractivity contribution in [1.82, 2.24) is 0 Å². The number of nitrogens with zero attached hydrogens (tertiary/aromatic N) is 1. The van der Waals surface area contributed by atoms with Gasteiger partial charge in [-0.25, -0.2) is 0 Å². The lowest BCUT2D eigenvalue weighted by Gasteiger charge is -2.20. The molecule has 0 fully saturated rings. The van der Waals surface area contributed by atoms with Gasteiger partial charge >= 0.3 is 0 Å². The zero-order chi connectivity index (χ0) is 13.0. The third-order valence-corrected chi connectivity index (χ3v) is 3.73. The molecule has 0 spiro atoms. The number of hydrogen-bond donors (Lipinski definition) is 1. The van der Waals surface area contributed by atoms with Crippen molar-refractivity contribution in [2.75, 3.05) is 11.9 Å². The van der Waals surface area contributed by atoms with Crippen LogP contribution in [0, 0.1) is 0 Å². The lowest BCUT2D eigenvalue weighted by Crippen LogP contribution is -2.17. The van der Waals surface area contributed by atoms with Gasteiger partial charge in [-0.15, -0.1) is 0 Å². The minimum atomic E-state index is 0.580. The predicted octanol–water partition coefficient (Wildman–Crippen LogP) is 3.54. The quantitative estimate of drug-likeness (QED) is 0.936. The molecule has 2 aromatic carbocycles. The van der Waals surface area contributed by atoms with Crippen molar-refractivity contribution in [2.24, 2.45) is 5.73 Å². The summed E-state index contributed by atoms with van der Waals surface area (Å²) in [7, 11) is 2.09. The predicted molar refractivity (Wildman–Crippen MR) is 80.6 cm³/mol. The number of halogens is 1. The van der Waals surface area contributed by atoms with Crippen molar-refractivity contribution in [3.05, 3.63) is 64.1 Å². The molecule has 0 aliphatic heterocycles. The molecule has 94 valence electrons. The number of rotatable bonds is 4. The van der Waals surface area contributed by atoms with Crippen molar-refractivity contribution in [2.45, 2.75) is 13.1 Å². The summed E-state index contributed by atoms with van der Waals surface area (Å²) in [5, 5.41) is 0. The van der Waals surface area contributed by atoms with Crippen molar-refractivity contribution in [3.8, 4) is 0 Å². The molecule has 2 rings (SSSR count). The molecule has 0 aliphatic carbocycles. The van der Waals surface area contributed by atoms with Gasteiger partial charge in [-0.2, -0.15) is 0 Å². The Bertz CT molecular complexity index is 525. The molecule has 0 aliphatic rings. The first-order valence-corrected chi connectivity index (χ1v) is 6.73. The van der Waals surface area contributed by atoms with Crippen molar-refractivity contribution >= 4 is 21.6 Å². The molecule has 18 heavy (non-hydrogen) atoms. The zero-order valence-electron chi connectivity index (χ0n) is 10.4. The SMILES string of the molecule is CN(Cc1ccccc1Br)c1cccc(CN)c1. The van der Waals surface area contributed by atoms with Crippen LogP contribution < -0.4 is 10.6 Å². The van der Waals surface area contributed by atoms with Crippen LogP contribution in [0.1, 0.15) is 11.1 Å². The number of benzene rings is 2. The van der Waals surface area contributed by atoms with Crippen LogP contribution in [0.2, 0.25) is 0 Å². The van der Waals surface area contributed by atoms with Crippen LogP contribution in [0.15, 0.2) is 53.0 Å². The maximum Gasteiger partial charge on any atom is 0.0437 e. The van der Waals surface area contributed by atoms with E-state index in [4.69, 9.17) is 5.73 Å². The van der Waals surface area contributed by atoms with Crippen molar-refractivity contribution in [3.63, 3.8) is 0 Å². The summed E-state index contributed by atoms with van der Waals surface area (Å²) < 4.78 is 1.15. The van der Waals surface area contributed by atoms with Crippen LogP contribution in [-0.4, -0.2) is 7.05 Å². The summed E-state index contributed by atoms with van der Waals surface area (Å²) in [4.78, 5) is 2.22. The topological polar surface area (TPSA) is 29.3 Å². The molecule has 2 nitrogen and oxygen atoms in total. The highest BCUT2D eigenvalue weighted by Crippen LogP contribution is 2.21. The van der Waals surface area contributed by atoms with Gasteiger partial charge in [-0.3, -0.25) is 0 Å². The lowest BCUT2D eigenvalue weighted by molar-refractivity contribution is 0.914. The molecule has 0 saturated carbocycles. The van der Waals surface area contributed by atoms with E-state index < -0.39 is 0 Å². The van der Waals surface area contributed by atoms with Crippen molar-refractivity contribution in [1.29, 1.82) is 0 Å². The second-order valence-electron chi connectivity index (χ2n) is 4.32. The smallest absolute Gasteiger partial charge is 0.0437 e. The summed E-state index contributed by atoms with van der Waals surface area (Å²) in [6.45, 7) is 1.45. The van der Waals surface area contributed by atoms with E-state index in [1.165, 1.54) is 11.3 Å². The van der Waals surface area contributed by atoms with E-state index in [2.05, 4.69) is 64.3 Å². The highest BCUT2D eigenvalue weighted by molar-refractivity contribution is 9.10. The van der Waals surface area contributed by atoms with Gasteiger partial charge in [0, 0.05) is 30.3 Å². The third kappa shape index (κ3) is 3.12. The Morgan fingerprint density at radius 2 is 1.89 bits per heavy atom. The van der Waals surface area contributed by atoms with E-state index >= 15 is 0 Å². The van der Waals surface area contributed by atoms with E-state index in [1.54, 1.807) is 0 Å². The lowest BCUT2D eigenvalue weighted by atomic mass is 10.1. The largest absolute Gasteiger partial charge is 0.370 e. The van der Waals surface area contributed by atoms with Gasteiger partial charge in [0.25, 0.3) is 0 Å². The molecule has 0 heterocycles. The third-order valence-electron chi connectivity index (χ3n) is 2.95.